The molecule has 150 valence electrons. The molecule has 0 aliphatic rings. The van der Waals surface area contributed by atoms with Gasteiger partial charge in [-0.15, -0.1) is 0 Å². The summed E-state index contributed by atoms with van der Waals surface area (Å²) in [5.41, 5.74) is 1.73. The summed E-state index contributed by atoms with van der Waals surface area (Å²) < 4.78 is 12.4. The number of nitrogens with one attached hydrogen (secondary N) is 1. The lowest BCUT2D eigenvalue weighted by molar-refractivity contribution is 0.0932. The van der Waals surface area contributed by atoms with Gasteiger partial charge >= 0.3 is 0 Å². The molecule has 8 nitrogen and oxygen atoms in total. The Labute approximate surface area is 168 Å². The average Bonchev–Trinajstić information content (AvgIpc) is 2.74. The van der Waals surface area contributed by atoms with E-state index in [1.807, 2.05) is 37.3 Å². The SMILES string of the molecule is COc1cc(C(C)NC(=O)c2ccc(=O)n(C)n2)ccc1OCc1ccncc1. The molecular formula is C21H22N4O4. The number of ether oxygens (including phenoxy) is 2. The molecule has 0 aliphatic carbocycles. The van der Waals surface area contributed by atoms with Gasteiger partial charge < -0.3 is 14.8 Å². The van der Waals surface area contributed by atoms with Gasteiger partial charge in [0.1, 0.15) is 12.3 Å². The number of methoxy groups -OCH3 is 1. The maximum absolute atomic E-state index is 12.4. The molecule has 2 aromatic heterocycles. The van der Waals surface area contributed by atoms with E-state index in [1.165, 1.54) is 19.2 Å². The highest BCUT2D eigenvalue weighted by atomic mass is 16.5. The van der Waals surface area contributed by atoms with Crippen molar-refractivity contribution < 1.29 is 14.3 Å². The molecule has 0 bridgehead atoms. The zero-order valence-corrected chi connectivity index (χ0v) is 16.5. The number of pyridine rings is 1. The minimum atomic E-state index is -0.370. The summed E-state index contributed by atoms with van der Waals surface area (Å²) in [6.45, 7) is 2.25. The van der Waals surface area contributed by atoms with Crippen LogP contribution in [0.25, 0.3) is 0 Å². The van der Waals surface area contributed by atoms with Gasteiger partial charge in [0.15, 0.2) is 11.5 Å². The fourth-order valence-corrected chi connectivity index (χ4v) is 2.69. The van der Waals surface area contributed by atoms with E-state index < -0.39 is 0 Å². The van der Waals surface area contributed by atoms with Gasteiger partial charge in [-0.05, 0) is 48.4 Å². The van der Waals surface area contributed by atoms with E-state index in [2.05, 4.69) is 15.4 Å². The van der Waals surface area contributed by atoms with Crippen molar-refractivity contribution >= 4 is 5.91 Å². The molecule has 1 unspecified atom stereocenters. The van der Waals surface area contributed by atoms with Crippen LogP contribution in [0.1, 0.15) is 34.6 Å². The van der Waals surface area contributed by atoms with E-state index in [4.69, 9.17) is 9.47 Å². The third-order valence-corrected chi connectivity index (χ3v) is 4.37. The first kappa shape index (κ1) is 20.1. The fourth-order valence-electron chi connectivity index (χ4n) is 2.69. The maximum atomic E-state index is 12.4. The van der Waals surface area contributed by atoms with Crippen LogP contribution >= 0.6 is 0 Å². The first-order chi connectivity index (χ1) is 14.0. The molecule has 8 heteroatoms. The van der Waals surface area contributed by atoms with Crippen molar-refractivity contribution in [2.24, 2.45) is 7.05 Å². The number of hydrogen-bond acceptors (Lipinski definition) is 6. The third kappa shape index (κ3) is 4.98. The predicted molar refractivity (Wildman–Crippen MR) is 107 cm³/mol. The van der Waals surface area contributed by atoms with Crippen molar-refractivity contribution in [3.05, 3.63) is 82.0 Å². The second-order valence-corrected chi connectivity index (χ2v) is 6.43. The van der Waals surface area contributed by atoms with Crippen molar-refractivity contribution in [1.29, 1.82) is 0 Å². The first-order valence-electron chi connectivity index (χ1n) is 9.03. The van der Waals surface area contributed by atoms with E-state index in [-0.39, 0.29) is 23.2 Å². The molecule has 0 spiro atoms. The maximum Gasteiger partial charge on any atom is 0.272 e. The second-order valence-electron chi connectivity index (χ2n) is 6.43. The average molecular weight is 394 g/mol. The number of carbonyl (C=O) groups is 1. The quantitative estimate of drug-likeness (QED) is 0.660. The van der Waals surface area contributed by atoms with Crippen molar-refractivity contribution in [3.8, 4) is 11.5 Å². The Morgan fingerprint density at radius 3 is 2.59 bits per heavy atom. The van der Waals surface area contributed by atoms with Crippen LogP contribution in [0.15, 0.2) is 59.7 Å². The van der Waals surface area contributed by atoms with Gasteiger partial charge in [0, 0.05) is 25.5 Å². The summed E-state index contributed by atoms with van der Waals surface area (Å²) in [4.78, 5) is 27.8. The van der Waals surface area contributed by atoms with Crippen molar-refractivity contribution in [3.63, 3.8) is 0 Å². The minimum absolute atomic E-state index is 0.170. The molecule has 29 heavy (non-hydrogen) atoms. The molecule has 3 aromatic rings. The van der Waals surface area contributed by atoms with Gasteiger partial charge in [0.05, 0.1) is 13.2 Å². The normalized spacial score (nSPS) is 11.6. The molecule has 1 amide bonds. The predicted octanol–water partition coefficient (Wildman–Crippen LogP) is 2.25. The van der Waals surface area contributed by atoms with Gasteiger partial charge in [-0.3, -0.25) is 14.6 Å². The van der Waals surface area contributed by atoms with E-state index in [1.54, 1.807) is 19.5 Å². The number of rotatable bonds is 7. The number of amides is 1. The third-order valence-electron chi connectivity index (χ3n) is 4.37. The summed E-state index contributed by atoms with van der Waals surface area (Å²) in [7, 11) is 3.06. The topological polar surface area (TPSA) is 95.3 Å². The molecule has 3 rings (SSSR count). The number of nitrogens with zero attached hydrogens (tertiary/aromatic N) is 3. The fraction of sp³-hybridized carbons (Fsp3) is 0.238. The van der Waals surface area contributed by atoms with E-state index in [0.717, 1.165) is 15.8 Å². The van der Waals surface area contributed by atoms with E-state index in [0.29, 0.717) is 18.1 Å². The van der Waals surface area contributed by atoms with Gasteiger partial charge in [-0.25, -0.2) is 4.68 Å². The van der Waals surface area contributed by atoms with Crippen LogP contribution < -0.4 is 20.3 Å². The molecule has 1 aromatic carbocycles. The Kier molecular flexibility index (Phi) is 6.23. The lowest BCUT2D eigenvalue weighted by atomic mass is 10.1. The van der Waals surface area contributed by atoms with E-state index in [9.17, 15) is 9.59 Å². The Hall–Kier alpha value is -3.68. The Bertz CT molecular complexity index is 1050. The number of aryl methyl sites for hydroxylation is 1. The molecule has 1 N–H and O–H groups in total. The zero-order valence-electron chi connectivity index (χ0n) is 16.5. The van der Waals surface area contributed by atoms with Crippen LogP contribution in [-0.4, -0.2) is 27.8 Å². The Morgan fingerprint density at radius 1 is 1.14 bits per heavy atom. The van der Waals surface area contributed by atoms with E-state index >= 15 is 0 Å². The highest BCUT2D eigenvalue weighted by molar-refractivity contribution is 5.92. The number of carbonyl (C=O) groups excluding carboxylic acids is 1. The molecule has 0 saturated carbocycles. The summed E-state index contributed by atoms with van der Waals surface area (Å²) in [5, 5.41) is 6.83. The lowest BCUT2D eigenvalue weighted by Crippen LogP contribution is -2.30. The highest BCUT2D eigenvalue weighted by Gasteiger charge is 2.15. The molecule has 2 heterocycles. The van der Waals surface area contributed by atoms with Crippen LogP contribution in [0.5, 0.6) is 11.5 Å². The van der Waals surface area contributed by atoms with Crippen LogP contribution in [0.2, 0.25) is 0 Å². The minimum Gasteiger partial charge on any atom is -0.493 e. The summed E-state index contributed by atoms with van der Waals surface area (Å²) in [6.07, 6.45) is 3.42. The Morgan fingerprint density at radius 2 is 1.90 bits per heavy atom. The Balaban J connectivity index is 1.70. The van der Waals surface area contributed by atoms with Crippen LogP contribution in [0.3, 0.4) is 0 Å². The molecule has 0 fully saturated rings. The van der Waals surface area contributed by atoms with Crippen molar-refractivity contribution in [1.82, 2.24) is 20.1 Å². The lowest BCUT2D eigenvalue weighted by Gasteiger charge is -2.17. The van der Waals surface area contributed by atoms with Gasteiger partial charge in [-0.1, -0.05) is 6.07 Å². The zero-order chi connectivity index (χ0) is 20.8. The summed E-state index contributed by atoms with van der Waals surface area (Å²) in [6, 6.07) is 11.7. The van der Waals surface area contributed by atoms with Crippen molar-refractivity contribution in [2.45, 2.75) is 19.6 Å². The second kappa shape index (κ2) is 9.01. The highest BCUT2D eigenvalue weighted by Crippen LogP contribution is 2.31. The number of benzene rings is 1. The summed E-state index contributed by atoms with van der Waals surface area (Å²) >= 11 is 0. The van der Waals surface area contributed by atoms with Gasteiger partial charge in [0.25, 0.3) is 11.5 Å². The number of aromatic nitrogens is 3. The van der Waals surface area contributed by atoms with Crippen LogP contribution in [0, 0.1) is 0 Å². The largest absolute Gasteiger partial charge is 0.493 e. The van der Waals surface area contributed by atoms with Gasteiger partial charge in [-0.2, -0.15) is 5.10 Å². The van der Waals surface area contributed by atoms with Crippen LogP contribution in [0.4, 0.5) is 0 Å². The smallest absolute Gasteiger partial charge is 0.272 e. The molecule has 1 atom stereocenters. The molecule has 0 aliphatic heterocycles. The number of hydrogen-bond donors (Lipinski definition) is 1. The summed E-state index contributed by atoms with van der Waals surface area (Å²) in [5.74, 6) is 0.800. The molecule has 0 radical (unpaired) electrons. The van der Waals surface area contributed by atoms with Crippen LogP contribution in [-0.2, 0) is 13.7 Å². The monoisotopic (exact) mass is 394 g/mol. The van der Waals surface area contributed by atoms with Crippen molar-refractivity contribution in [2.75, 3.05) is 7.11 Å². The standard InChI is InChI=1S/C21H22N4O4/c1-14(23-21(27)17-5-7-20(26)25(2)24-17)16-4-6-18(19(12-16)28-3)29-13-15-8-10-22-11-9-15/h4-12,14H,13H2,1-3H3,(H,23,27). The first-order valence-corrected chi connectivity index (χ1v) is 9.03. The van der Waals surface area contributed by atoms with Gasteiger partial charge in [0.2, 0.25) is 0 Å². The molecule has 0 saturated heterocycles. The molecular weight excluding hydrogens is 372 g/mol.